The molecule has 4 rings (SSSR count). The number of hydrogen-bond donors (Lipinski definition) is 0. The number of fused-ring (bicyclic) bond motifs is 1. The van der Waals surface area contributed by atoms with Gasteiger partial charge in [0.15, 0.2) is 23.8 Å². The van der Waals surface area contributed by atoms with Gasteiger partial charge in [0.25, 0.3) is 5.91 Å². The van der Waals surface area contributed by atoms with Gasteiger partial charge in [0.05, 0.1) is 12.8 Å². The van der Waals surface area contributed by atoms with Gasteiger partial charge in [0.2, 0.25) is 0 Å². The first-order valence-corrected chi connectivity index (χ1v) is 9.34. The maximum Gasteiger partial charge on any atom is 0.260 e. The number of hydrogen-bond acceptors (Lipinski definition) is 6. The van der Waals surface area contributed by atoms with Gasteiger partial charge in [-0.1, -0.05) is 12.1 Å². The molecule has 8 nitrogen and oxygen atoms in total. The Morgan fingerprint density at radius 1 is 1.21 bits per heavy atom. The van der Waals surface area contributed by atoms with E-state index in [1.54, 1.807) is 30.3 Å². The molecule has 1 aliphatic rings. The summed E-state index contributed by atoms with van der Waals surface area (Å²) < 4.78 is 12.7. The molecule has 0 unspecified atom stereocenters. The Bertz CT molecular complexity index is 987. The molecule has 0 saturated carbocycles. The third-order valence-electron chi connectivity index (χ3n) is 5.07. The van der Waals surface area contributed by atoms with Crippen LogP contribution in [0.2, 0.25) is 0 Å². The quantitative estimate of drug-likeness (QED) is 0.674. The van der Waals surface area contributed by atoms with Gasteiger partial charge in [-0.25, -0.2) is 14.6 Å². The number of piperidine rings is 1. The van der Waals surface area contributed by atoms with E-state index < -0.39 is 0 Å². The zero-order valence-corrected chi connectivity index (χ0v) is 16.0. The van der Waals surface area contributed by atoms with Crippen LogP contribution in [0.1, 0.15) is 24.5 Å². The van der Waals surface area contributed by atoms with E-state index in [0.717, 1.165) is 36.2 Å². The zero-order chi connectivity index (χ0) is 19.5. The van der Waals surface area contributed by atoms with Crippen molar-refractivity contribution in [2.75, 3.05) is 26.8 Å². The molecule has 0 N–H and O–H groups in total. The average molecular weight is 381 g/mol. The second kappa shape index (κ2) is 7.84. The fraction of sp³-hybridized carbons (Fsp3) is 0.400. The molecule has 146 valence electrons. The summed E-state index contributed by atoms with van der Waals surface area (Å²) in [5.41, 5.74) is 2.49. The molecule has 2 aromatic heterocycles. The molecule has 1 aromatic carbocycles. The number of likely N-dealkylation sites (tertiary alicyclic amines) is 1. The van der Waals surface area contributed by atoms with Crippen molar-refractivity contribution in [2.24, 2.45) is 7.05 Å². The van der Waals surface area contributed by atoms with E-state index in [1.165, 1.54) is 0 Å². The Morgan fingerprint density at radius 2 is 2.00 bits per heavy atom. The summed E-state index contributed by atoms with van der Waals surface area (Å²) in [6, 6.07) is 7.32. The van der Waals surface area contributed by atoms with Gasteiger partial charge in [-0.2, -0.15) is 5.10 Å². The third-order valence-corrected chi connectivity index (χ3v) is 5.07. The fourth-order valence-corrected chi connectivity index (χ4v) is 3.68. The molecule has 1 amide bonds. The Labute approximate surface area is 163 Å². The second-order valence-electron chi connectivity index (χ2n) is 6.86. The zero-order valence-electron chi connectivity index (χ0n) is 16.0. The molecular formula is C20H23N5O3. The van der Waals surface area contributed by atoms with Crippen LogP contribution in [0.25, 0.3) is 11.2 Å². The lowest BCUT2D eigenvalue weighted by Gasteiger charge is -2.32. The van der Waals surface area contributed by atoms with Crippen LogP contribution in [-0.2, 0) is 11.8 Å². The molecule has 1 atom stereocenters. The highest BCUT2D eigenvalue weighted by Crippen LogP contribution is 2.30. The number of aromatic nitrogens is 4. The van der Waals surface area contributed by atoms with Gasteiger partial charge < -0.3 is 14.4 Å². The summed E-state index contributed by atoms with van der Waals surface area (Å²) in [6.07, 6.45) is 5.24. The first kappa shape index (κ1) is 18.2. The average Bonchev–Trinajstić information content (AvgIpc) is 3.09. The van der Waals surface area contributed by atoms with E-state index in [-0.39, 0.29) is 18.4 Å². The van der Waals surface area contributed by atoms with Gasteiger partial charge in [-0.3, -0.25) is 4.79 Å². The van der Waals surface area contributed by atoms with Gasteiger partial charge in [0, 0.05) is 38.4 Å². The first-order valence-electron chi connectivity index (χ1n) is 9.34. The lowest BCUT2D eigenvalue weighted by molar-refractivity contribution is -0.134. The SMILES string of the molecule is COc1ccccc1OCC(=O)N1CCC[C@H](c2nn(C)c3nccnc23)C1. The monoisotopic (exact) mass is 381 g/mol. The highest BCUT2D eigenvalue weighted by molar-refractivity contribution is 5.78. The van der Waals surface area contributed by atoms with E-state index in [0.29, 0.717) is 18.0 Å². The third kappa shape index (κ3) is 3.49. The summed E-state index contributed by atoms with van der Waals surface area (Å²) in [5.74, 6) is 1.29. The van der Waals surface area contributed by atoms with Gasteiger partial charge >= 0.3 is 0 Å². The maximum atomic E-state index is 12.7. The Balaban J connectivity index is 1.45. The number of rotatable bonds is 5. The van der Waals surface area contributed by atoms with E-state index in [2.05, 4.69) is 15.1 Å². The number of benzene rings is 1. The van der Waals surface area contributed by atoms with Crippen LogP contribution in [-0.4, -0.2) is 57.4 Å². The highest BCUT2D eigenvalue weighted by atomic mass is 16.5. The smallest absolute Gasteiger partial charge is 0.260 e. The normalized spacial score (nSPS) is 16.9. The van der Waals surface area contributed by atoms with Crippen LogP contribution >= 0.6 is 0 Å². The molecule has 3 aromatic rings. The van der Waals surface area contributed by atoms with Crippen LogP contribution < -0.4 is 9.47 Å². The molecule has 0 aliphatic carbocycles. The van der Waals surface area contributed by atoms with Crippen LogP contribution in [0, 0.1) is 0 Å². The molecule has 0 bridgehead atoms. The molecule has 0 radical (unpaired) electrons. The minimum Gasteiger partial charge on any atom is -0.493 e. The van der Waals surface area contributed by atoms with Crippen LogP contribution in [0.3, 0.4) is 0 Å². The molecule has 1 saturated heterocycles. The van der Waals surface area contributed by atoms with E-state index in [1.807, 2.05) is 30.1 Å². The fourth-order valence-electron chi connectivity index (χ4n) is 3.68. The van der Waals surface area contributed by atoms with Crippen molar-refractivity contribution in [1.82, 2.24) is 24.6 Å². The van der Waals surface area contributed by atoms with E-state index >= 15 is 0 Å². The Hall–Kier alpha value is -3.16. The predicted octanol–water partition coefficient (Wildman–Crippen LogP) is 2.16. The van der Waals surface area contributed by atoms with Gasteiger partial charge in [-0.05, 0) is 25.0 Å². The van der Waals surface area contributed by atoms with Crippen molar-refractivity contribution < 1.29 is 14.3 Å². The maximum absolute atomic E-state index is 12.7. The number of carbonyl (C=O) groups excluding carboxylic acids is 1. The van der Waals surface area contributed by atoms with Crippen molar-refractivity contribution in [1.29, 1.82) is 0 Å². The number of carbonyl (C=O) groups is 1. The number of para-hydroxylation sites is 2. The summed E-state index contributed by atoms with van der Waals surface area (Å²) in [6.45, 7) is 1.31. The molecule has 8 heteroatoms. The summed E-state index contributed by atoms with van der Waals surface area (Å²) >= 11 is 0. The first-order chi connectivity index (χ1) is 13.7. The van der Waals surface area contributed by atoms with E-state index in [4.69, 9.17) is 9.47 Å². The minimum atomic E-state index is -0.0399. The van der Waals surface area contributed by atoms with Crippen LogP contribution in [0.4, 0.5) is 0 Å². The topological polar surface area (TPSA) is 82.4 Å². The standard InChI is InChI=1S/C20H23N5O3/c1-24-20-19(21-9-10-22-20)18(23-24)14-6-5-11-25(12-14)17(26)13-28-16-8-4-3-7-15(16)27-2/h3-4,7-10,14H,5-6,11-13H2,1-2H3/t14-/m0/s1. The summed E-state index contributed by atoms with van der Waals surface area (Å²) in [7, 11) is 3.45. The predicted molar refractivity (Wildman–Crippen MR) is 103 cm³/mol. The number of amides is 1. The lowest BCUT2D eigenvalue weighted by atomic mass is 9.94. The van der Waals surface area contributed by atoms with Crippen LogP contribution in [0.15, 0.2) is 36.7 Å². The minimum absolute atomic E-state index is 0.0180. The second-order valence-corrected chi connectivity index (χ2v) is 6.86. The molecule has 1 fully saturated rings. The van der Waals surface area contributed by atoms with E-state index in [9.17, 15) is 4.79 Å². The molecule has 0 spiro atoms. The van der Waals surface area contributed by atoms with Crippen molar-refractivity contribution in [3.05, 3.63) is 42.4 Å². The largest absolute Gasteiger partial charge is 0.493 e. The Morgan fingerprint density at radius 3 is 2.82 bits per heavy atom. The number of methoxy groups -OCH3 is 1. The van der Waals surface area contributed by atoms with Crippen molar-refractivity contribution >= 4 is 17.1 Å². The number of ether oxygens (including phenoxy) is 2. The summed E-state index contributed by atoms with van der Waals surface area (Å²) in [4.78, 5) is 23.4. The van der Waals surface area contributed by atoms with Gasteiger partial charge in [-0.15, -0.1) is 0 Å². The van der Waals surface area contributed by atoms with Crippen LogP contribution in [0.5, 0.6) is 11.5 Å². The molecular weight excluding hydrogens is 358 g/mol. The molecule has 1 aliphatic heterocycles. The molecule has 3 heterocycles. The number of nitrogens with zero attached hydrogens (tertiary/aromatic N) is 5. The van der Waals surface area contributed by atoms with Crippen molar-refractivity contribution in [2.45, 2.75) is 18.8 Å². The number of aryl methyl sites for hydroxylation is 1. The molecule has 28 heavy (non-hydrogen) atoms. The van der Waals surface area contributed by atoms with Gasteiger partial charge in [0.1, 0.15) is 5.52 Å². The lowest BCUT2D eigenvalue weighted by Crippen LogP contribution is -2.41. The Kier molecular flexibility index (Phi) is 5.10. The summed E-state index contributed by atoms with van der Waals surface area (Å²) in [5, 5.41) is 4.63. The van der Waals surface area contributed by atoms with Crippen molar-refractivity contribution in [3.63, 3.8) is 0 Å². The van der Waals surface area contributed by atoms with Crippen molar-refractivity contribution in [3.8, 4) is 11.5 Å². The highest BCUT2D eigenvalue weighted by Gasteiger charge is 2.29.